The minimum absolute atomic E-state index is 0.0630. The van der Waals surface area contributed by atoms with Crippen LogP contribution < -0.4 is 24.4 Å². The number of hydrogen-bond acceptors (Lipinski definition) is 7. The van der Waals surface area contributed by atoms with Crippen molar-refractivity contribution in [2.24, 2.45) is 0 Å². The number of nitrogens with one attached hydrogen (secondary N) is 2. The summed E-state index contributed by atoms with van der Waals surface area (Å²) in [6.07, 6.45) is 2.43. The van der Waals surface area contributed by atoms with Crippen LogP contribution in [0.3, 0.4) is 0 Å². The first-order valence-electron chi connectivity index (χ1n) is 10.7. The molecule has 0 radical (unpaired) electrons. The number of fused-ring (bicyclic) bond motifs is 1. The van der Waals surface area contributed by atoms with E-state index in [-0.39, 0.29) is 10.8 Å². The van der Waals surface area contributed by atoms with Gasteiger partial charge in [0.05, 0.1) is 18.1 Å². The van der Waals surface area contributed by atoms with E-state index in [0.717, 1.165) is 17.8 Å². The zero-order valence-electron chi connectivity index (χ0n) is 18.9. The number of anilines is 2. The molecule has 2 heterocycles. The molecule has 2 N–H and O–H groups in total. The zero-order valence-corrected chi connectivity index (χ0v) is 19.8. The van der Waals surface area contributed by atoms with Crippen LogP contribution in [0, 0.1) is 0 Å². The van der Waals surface area contributed by atoms with Crippen molar-refractivity contribution in [2.75, 3.05) is 36.9 Å². The molecule has 0 atom stereocenters. The molecule has 0 fully saturated rings. The molecule has 34 heavy (non-hydrogen) atoms. The molecule has 3 aromatic rings. The first kappa shape index (κ1) is 23.4. The Morgan fingerprint density at radius 2 is 1.74 bits per heavy atom. The van der Waals surface area contributed by atoms with Gasteiger partial charge in [-0.25, -0.2) is 13.4 Å². The highest BCUT2D eigenvalue weighted by molar-refractivity contribution is 7.92. The van der Waals surface area contributed by atoms with E-state index in [1.165, 1.54) is 12.1 Å². The number of ether oxygens (including phenoxy) is 2. The first-order chi connectivity index (χ1) is 16.3. The van der Waals surface area contributed by atoms with Crippen LogP contribution in [0.25, 0.3) is 0 Å². The molecule has 1 aromatic heterocycles. The third-order valence-electron chi connectivity index (χ3n) is 5.15. The van der Waals surface area contributed by atoms with Gasteiger partial charge < -0.3 is 19.7 Å². The molecular weight excluding hydrogens is 456 g/mol. The summed E-state index contributed by atoms with van der Waals surface area (Å²) in [7, 11) is -0.0485. The van der Waals surface area contributed by atoms with Gasteiger partial charge in [0.15, 0.2) is 11.5 Å². The Hall–Kier alpha value is -3.79. The highest BCUT2D eigenvalue weighted by Crippen LogP contribution is 2.32. The van der Waals surface area contributed by atoms with Crippen LogP contribution in [-0.2, 0) is 16.6 Å². The third-order valence-corrected chi connectivity index (χ3v) is 6.53. The minimum Gasteiger partial charge on any atom is -0.490 e. The van der Waals surface area contributed by atoms with E-state index in [9.17, 15) is 13.2 Å². The molecule has 10 heteroatoms. The monoisotopic (exact) mass is 482 g/mol. The second-order valence-corrected chi connectivity index (χ2v) is 9.62. The van der Waals surface area contributed by atoms with E-state index >= 15 is 0 Å². The van der Waals surface area contributed by atoms with Gasteiger partial charge in [-0.05, 0) is 54.1 Å². The number of carbonyl (C=O) groups is 1. The fraction of sp³-hybridized carbons (Fsp3) is 0.250. The fourth-order valence-electron chi connectivity index (χ4n) is 3.31. The molecule has 4 rings (SSSR count). The molecule has 0 unspecified atom stereocenters. The van der Waals surface area contributed by atoms with Crippen LogP contribution >= 0.6 is 0 Å². The van der Waals surface area contributed by atoms with Crippen molar-refractivity contribution in [3.05, 3.63) is 71.9 Å². The van der Waals surface area contributed by atoms with Crippen LogP contribution in [0.5, 0.6) is 11.5 Å². The van der Waals surface area contributed by atoms with Gasteiger partial charge in [0.1, 0.15) is 5.82 Å². The number of amides is 1. The van der Waals surface area contributed by atoms with E-state index in [1.54, 1.807) is 36.5 Å². The number of pyridine rings is 1. The van der Waals surface area contributed by atoms with Crippen molar-refractivity contribution < 1.29 is 22.7 Å². The number of hydrogen-bond donors (Lipinski definition) is 2. The fourth-order valence-corrected chi connectivity index (χ4v) is 4.39. The number of benzene rings is 2. The Labute approximate surface area is 198 Å². The number of carbonyl (C=O) groups excluding carboxylic acids is 1. The number of nitrogens with zero attached hydrogens (tertiary/aromatic N) is 2. The SMILES string of the molecule is CN(C)c1cc(CNC(=O)c2ccc(NS(=O)(=O)c3ccc4c(c3)OCCCO4)cc2)ccn1. The average molecular weight is 483 g/mol. The smallest absolute Gasteiger partial charge is 0.262 e. The summed E-state index contributed by atoms with van der Waals surface area (Å²) < 4.78 is 39.3. The molecule has 1 amide bonds. The molecule has 1 aliphatic heterocycles. The molecule has 178 valence electrons. The number of sulfonamides is 1. The van der Waals surface area contributed by atoms with E-state index in [1.807, 2.05) is 31.1 Å². The lowest BCUT2D eigenvalue weighted by Crippen LogP contribution is -2.23. The predicted molar refractivity (Wildman–Crippen MR) is 129 cm³/mol. The maximum Gasteiger partial charge on any atom is 0.262 e. The second-order valence-electron chi connectivity index (χ2n) is 7.94. The Morgan fingerprint density at radius 3 is 2.47 bits per heavy atom. The van der Waals surface area contributed by atoms with Gasteiger partial charge >= 0.3 is 0 Å². The lowest BCUT2D eigenvalue weighted by Gasteiger charge is -2.13. The summed E-state index contributed by atoms with van der Waals surface area (Å²) in [5.41, 5.74) is 1.68. The van der Waals surface area contributed by atoms with Crippen LogP contribution in [0.2, 0.25) is 0 Å². The average Bonchev–Trinajstić information content (AvgIpc) is 3.08. The Bertz CT molecular complexity index is 1280. The van der Waals surface area contributed by atoms with Gasteiger partial charge in [-0.2, -0.15) is 0 Å². The summed E-state index contributed by atoms with van der Waals surface area (Å²) in [5, 5.41) is 2.86. The van der Waals surface area contributed by atoms with Crippen molar-refractivity contribution in [3.8, 4) is 11.5 Å². The standard InChI is InChI=1S/C24H26N4O5S/c1-28(2)23-14-17(10-11-25-23)16-26-24(29)18-4-6-19(7-5-18)27-34(30,31)20-8-9-21-22(15-20)33-13-3-12-32-21/h4-11,14-15,27H,3,12-13,16H2,1-2H3,(H,26,29). The lowest BCUT2D eigenvalue weighted by atomic mass is 10.2. The Balaban J connectivity index is 1.40. The molecule has 2 aromatic carbocycles. The Kier molecular flexibility index (Phi) is 6.87. The minimum atomic E-state index is -3.85. The molecule has 1 aliphatic rings. The molecule has 0 bridgehead atoms. The zero-order chi connectivity index (χ0) is 24.1. The summed E-state index contributed by atoms with van der Waals surface area (Å²) in [5.74, 6) is 1.47. The summed E-state index contributed by atoms with van der Waals surface area (Å²) in [6, 6.07) is 14.5. The molecule has 0 saturated carbocycles. The lowest BCUT2D eigenvalue weighted by molar-refractivity contribution is 0.0951. The molecule has 0 spiro atoms. The van der Waals surface area contributed by atoms with E-state index < -0.39 is 10.0 Å². The first-order valence-corrected chi connectivity index (χ1v) is 12.2. The van der Waals surface area contributed by atoms with Gasteiger partial charge in [0, 0.05) is 50.6 Å². The second kappa shape index (κ2) is 10.0. The highest BCUT2D eigenvalue weighted by Gasteiger charge is 2.19. The molecule has 0 aliphatic carbocycles. The maximum atomic E-state index is 12.8. The van der Waals surface area contributed by atoms with Gasteiger partial charge in [-0.1, -0.05) is 0 Å². The number of rotatable bonds is 7. The topological polar surface area (TPSA) is 110 Å². The van der Waals surface area contributed by atoms with Crippen molar-refractivity contribution in [1.82, 2.24) is 10.3 Å². The van der Waals surface area contributed by atoms with Crippen molar-refractivity contribution in [2.45, 2.75) is 17.9 Å². The summed E-state index contributed by atoms with van der Waals surface area (Å²) >= 11 is 0. The van der Waals surface area contributed by atoms with E-state index in [0.29, 0.717) is 42.5 Å². The predicted octanol–water partition coefficient (Wildman–Crippen LogP) is 3.04. The van der Waals surface area contributed by atoms with Crippen LogP contribution in [0.1, 0.15) is 22.3 Å². The maximum absolute atomic E-state index is 12.8. The summed E-state index contributed by atoms with van der Waals surface area (Å²) in [6.45, 7) is 1.34. The van der Waals surface area contributed by atoms with Gasteiger partial charge in [-0.15, -0.1) is 0 Å². The van der Waals surface area contributed by atoms with Crippen molar-refractivity contribution in [1.29, 1.82) is 0 Å². The Morgan fingerprint density at radius 1 is 1.00 bits per heavy atom. The van der Waals surface area contributed by atoms with Gasteiger partial charge in [0.2, 0.25) is 0 Å². The normalized spacial score (nSPS) is 13.0. The van der Waals surface area contributed by atoms with E-state index in [4.69, 9.17) is 9.47 Å². The molecule has 9 nitrogen and oxygen atoms in total. The quantitative estimate of drug-likeness (QED) is 0.533. The van der Waals surface area contributed by atoms with Gasteiger partial charge in [-0.3, -0.25) is 9.52 Å². The van der Waals surface area contributed by atoms with Crippen molar-refractivity contribution >= 4 is 27.4 Å². The number of aromatic nitrogens is 1. The summed E-state index contributed by atoms with van der Waals surface area (Å²) in [4.78, 5) is 18.7. The highest BCUT2D eigenvalue weighted by atomic mass is 32.2. The van der Waals surface area contributed by atoms with Crippen LogP contribution in [0.4, 0.5) is 11.5 Å². The van der Waals surface area contributed by atoms with Gasteiger partial charge in [0.25, 0.3) is 15.9 Å². The third kappa shape index (κ3) is 5.57. The largest absolute Gasteiger partial charge is 0.490 e. The van der Waals surface area contributed by atoms with Crippen molar-refractivity contribution in [3.63, 3.8) is 0 Å². The molecular formula is C24H26N4O5S. The van der Waals surface area contributed by atoms with Crippen LogP contribution in [0.15, 0.2) is 65.7 Å². The molecule has 0 saturated heterocycles. The van der Waals surface area contributed by atoms with Crippen LogP contribution in [-0.4, -0.2) is 46.6 Å². The van der Waals surface area contributed by atoms with E-state index in [2.05, 4.69) is 15.0 Å².